The highest BCUT2D eigenvalue weighted by atomic mass is 16.7. The van der Waals surface area contributed by atoms with Gasteiger partial charge in [0.25, 0.3) is 0 Å². The molecule has 0 spiro atoms. The SMILES string of the molecule is CC1(C)OC[C@H]([C@@H](O)[C@@H]2CN(Cc3ccccc3)C(=O)N(Cc3ccccc3)C2=O)O1. The molecule has 3 amide bonds. The van der Waals surface area contributed by atoms with E-state index in [0.29, 0.717) is 6.54 Å². The maximum atomic E-state index is 13.3. The van der Waals surface area contributed by atoms with E-state index in [1.807, 2.05) is 60.7 Å². The average Bonchev–Trinajstić information content (AvgIpc) is 3.14. The number of carbonyl (C=O) groups is 2. The summed E-state index contributed by atoms with van der Waals surface area (Å²) in [6.45, 7) is 4.38. The van der Waals surface area contributed by atoms with E-state index in [-0.39, 0.29) is 31.6 Å². The lowest BCUT2D eigenvalue weighted by Crippen LogP contribution is -2.60. The Morgan fingerprint density at radius 1 is 1.00 bits per heavy atom. The number of urea groups is 1. The molecule has 4 rings (SSSR count). The van der Waals surface area contributed by atoms with Crippen LogP contribution in [0.2, 0.25) is 0 Å². The number of hydrogen-bond donors (Lipinski definition) is 1. The Balaban J connectivity index is 1.59. The van der Waals surface area contributed by atoms with Gasteiger partial charge in [0, 0.05) is 13.1 Å². The van der Waals surface area contributed by atoms with Crippen LogP contribution in [-0.2, 0) is 27.4 Å². The molecule has 3 atom stereocenters. The first kappa shape index (κ1) is 21.5. The summed E-state index contributed by atoms with van der Waals surface area (Å²) >= 11 is 0. The quantitative estimate of drug-likeness (QED) is 0.772. The number of benzene rings is 2. The van der Waals surface area contributed by atoms with Crippen molar-refractivity contribution >= 4 is 11.9 Å². The number of rotatable bonds is 6. The van der Waals surface area contributed by atoms with Gasteiger partial charge in [0.1, 0.15) is 6.10 Å². The summed E-state index contributed by atoms with van der Waals surface area (Å²) in [5, 5.41) is 11.0. The Morgan fingerprint density at radius 2 is 1.58 bits per heavy atom. The van der Waals surface area contributed by atoms with Gasteiger partial charge in [-0.3, -0.25) is 9.69 Å². The Morgan fingerprint density at radius 3 is 2.13 bits per heavy atom. The number of ether oxygens (including phenoxy) is 2. The minimum absolute atomic E-state index is 0.124. The highest BCUT2D eigenvalue weighted by Crippen LogP contribution is 2.30. The van der Waals surface area contributed by atoms with Crippen molar-refractivity contribution in [3.8, 4) is 0 Å². The summed E-state index contributed by atoms with van der Waals surface area (Å²) in [4.78, 5) is 29.4. The van der Waals surface area contributed by atoms with Gasteiger partial charge in [0.05, 0.1) is 25.2 Å². The highest BCUT2D eigenvalue weighted by Gasteiger charge is 2.47. The molecule has 0 radical (unpaired) electrons. The molecule has 0 unspecified atom stereocenters. The Bertz CT molecular complexity index is 918. The predicted molar refractivity (Wildman–Crippen MR) is 114 cm³/mol. The first-order valence-corrected chi connectivity index (χ1v) is 10.5. The lowest BCUT2D eigenvalue weighted by molar-refractivity contribution is -0.164. The van der Waals surface area contributed by atoms with Crippen LogP contribution in [0.1, 0.15) is 25.0 Å². The van der Waals surface area contributed by atoms with Gasteiger partial charge >= 0.3 is 6.03 Å². The molecule has 2 fully saturated rings. The standard InChI is InChI=1S/C24H28N2O5/c1-24(2)30-16-20(31-24)21(27)19-15-25(13-17-9-5-3-6-10-17)23(29)26(22(19)28)14-18-11-7-4-8-12-18/h3-12,19-21,27H,13-16H2,1-2H3/t19-,20+,21-/m0/s1. The molecule has 0 aromatic heterocycles. The zero-order valence-electron chi connectivity index (χ0n) is 17.8. The number of aliphatic hydroxyl groups excluding tert-OH is 1. The van der Waals surface area contributed by atoms with Crippen LogP contribution in [0, 0.1) is 5.92 Å². The van der Waals surface area contributed by atoms with Gasteiger partial charge in [-0.2, -0.15) is 0 Å². The van der Waals surface area contributed by atoms with Gasteiger partial charge in [-0.25, -0.2) is 4.79 Å². The van der Waals surface area contributed by atoms with Crippen molar-refractivity contribution in [2.24, 2.45) is 5.92 Å². The number of nitrogens with zero attached hydrogens (tertiary/aromatic N) is 2. The summed E-state index contributed by atoms with van der Waals surface area (Å²) in [6, 6.07) is 18.6. The summed E-state index contributed by atoms with van der Waals surface area (Å²) in [6.07, 6.45) is -1.71. The minimum atomic E-state index is -1.08. The number of imide groups is 1. The molecule has 2 heterocycles. The van der Waals surface area contributed by atoms with Crippen molar-refractivity contribution in [3.05, 3.63) is 71.8 Å². The molecular weight excluding hydrogens is 396 g/mol. The Hall–Kier alpha value is -2.74. The van der Waals surface area contributed by atoms with E-state index in [4.69, 9.17) is 9.47 Å². The lowest BCUT2D eigenvalue weighted by atomic mass is 9.93. The summed E-state index contributed by atoms with van der Waals surface area (Å²) in [5.74, 6) is -2.00. The molecule has 2 aliphatic heterocycles. The zero-order valence-corrected chi connectivity index (χ0v) is 17.8. The van der Waals surface area contributed by atoms with Crippen LogP contribution >= 0.6 is 0 Å². The zero-order chi connectivity index (χ0) is 22.0. The maximum Gasteiger partial charge on any atom is 0.327 e. The van der Waals surface area contributed by atoms with E-state index < -0.39 is 23.9 Å². The largest absolute Gasteiger partial charge is 0.389 e. The van der Waals surface area contributed by atoms with E-state index >= 15 is 0 Å². The van der Waals surface area contributed by atoms with Crippen molar-refractivity contribution in [2.45, 2.75) is 44.9 Å². The average molecular weight is 424 g/mol. The first-order valence-electron chi connectivity index (χ1n) is 10.5. The molecule has 0 aliphatic carbocycles. The second-order valence-corrected chi connectivity index (χ2v) is 8.52. The van der Waals surface area contributed by atoms with Crippen molar-refractivity contribution in [2.75, 3.05) is 13.2 Å². The topological polar surface area (TPSA) is 79.3 Å². The molecule has 7 heteroatoms. The van der Waals surface area contributed by atoms with Gasteiger partial charge in [-0.05, 0) is 25.0 Å². The van der Waals surface area contributed by atoms with E-state index in [1.54, 1.807) is 18.7 Å². The van der Waals surface area contributed by atoms with Gasteiger partial charge < -0.3 is 19.5 Å². The minimum Gasteiger partial charge on any atom is -0.389 e. The second kappa shape index (κ2) is 8.78. The molecule has 7 nitrogen and oxygen atoms in total. The summed E-state index contributed by atoms with van der Waals surface area (Å²) in [5.41, 5.74) is 1.81. The van der Waals surface area contributed by atoms with Crippen molar-refractivity contribution in [3.63, 3.8) is 0 Å². The van der Waals surface area contributed by atoms with Crippen LogP contribution in [0.4, 0.5) is 4.79 Å². The molecular formula is C24H28N2O5. The van der Waals surface area contributed by atoms with E-state index in [0.717, 1.165) is 11.1 Å². The van der Waals surface area contributed by atoms with Crippen molar-refractivity contribution < 1.29 is 24.2 Å². The van der Waals surface area contributed by atoms with Crippen LogP contribution in [-0.4, -0.2) is 58.0 Å². The summed E-state index contributed by atoms with van der Waals surface area (Å²) < 4.78 is 11.4. The lowest BCUT2D eigenvalue weighted by Gasteiger charge is -2.41. The molecule has 2 aromatic rings. The molecule has 31 heavy (non-hydrogen) atoms. The fraction of sp³-hybridized carbons (Fsp3) is 0.417. The van der Waals surface area contributed by atoms with Crippen LogP contribution in [0.5, 0.6) is 0 Å². The fourth-order valence-corrected chi connectivity index (χ4v) is 4.10. The smallest absolute Gasteiger partial charge is 0.327 e. The second-order valence-electron chi connectivity index (χ2n) is 8.52. The molecule has 0 saturated carbocycles. The van der Waals surface area contributed by atoms with Gasteiger partial charge in [-0.15, -0.1) is 0 Å². The first-order chi connectivity index (χ1) is 14.8. The fourth-order valence-electron chi connectivity index (χ4n) is 4.10. The molecule has 2 saturated heterocycles. The van der Waals surface area contributed by atoms with Crippen LogP contribution < -0.4 is 0 Å². The predicted octanol–water partition coefficient (Wildman–Crippen LogP) is 2.78. The normalized spacial score (nSPS) is 24.5. The molecule has 2 aliphatic rings. The number of hydrogen-bond acceptors (Lipinski definition) is 5. The Kier molecular flexibility index (Phi) is 6.09. The summed E-state index contributed by atoms with van der Waals surface area (Å²) in [7, 11) is 0. The number of amides is 3. The molecule has 1 N–H and O–H groups in total. The highest BCUT2D eigenvalue weighted by molar-refractivity contribution is 5.98. The van der Waals surface area contributed by atoms with Crippen LogP contribution in [0.25, 0.3) is 0 Å². The van der Waals surface area contributed by atoms with Crippen LogP contribution in [0.15, 0.2) is 60.7 Å². The van der Waals surface area contributed by atoms with Crippen LogP contribution in [0.3, 0.4) is 0 Å². The van der Waals surface area contributed by atoms with Gasteiger partial charge in [0.15, 0.2) is 5.79 Å². The third-order valence-corrected chi connectivity index (χ3v) is 5.73. The van der Waals surface area contributed by atoms with Gasteiger partial charge in [0.2, 0.25) is 5.91 Å². The molecule has 2 aromatic carbocycles. The maximum absolute atomic E-state index is 13.3. The number of carbonyl (C=O) groups excluding carboxylic acids is 2. The molecule has 0 bridgehead atoms. The third kappa shape index (κ3) is 4.79. The van der Waals surface area contributed by atoms with E-state index in [2.05, 4.69) is 0 Å². The van der Waals surface area contributed by atoms with Gasteiger partial charge in [-0.1, -0.05) is 60.7 Å². The number of aliphatic hydroxyl groups is 1. The van der Waals surface area contributed by atoms with E-state index in [9.17, 15) is 14.7 Å². The van der Waals surface area contributed by atoms with Crippen molar-refractivity contribution in [1.82, 2.24) is 9.80 Å². The Labute approximate surface area is 182 Å². The third-order valence-electron chi connectivity index (χ3n) is 5.73. The monoisotopic (exact) mass is 424 g/mol. The molecule has 164 valence electrons. The van der Waals surface area contributed by atoms with E-state index in [1.165, 1.54) is 4.90 Å². The van der Waals surface area contributed by atoms with Crippen molar-refractivity contribution in [1.29, 1.82) is 0 Å².